The second-order valence-corrected chi connectivity index (χ2v) is 10.1. The van der Waals surface area contributed by atoms with Crippen molar-refractivity contribution in [1.29, 1.82) is 0 Å². The van der Waals surface area contributed by atoms with Crippen molar-refractivity contribution in [3.8, 4) is 0 Å². The molecule has 31 heavy (non-hydrogen) atoms. The predicted molar refractivity (Wildman–Crippen MR) is 115 cm³/mol. The third-order valence-electron chi connectivity index (χ3n) is 6.10. The van der Waals surface area contributed by atoms with Gasteiger partial charge >= 0.3 is 0 Å². The number of amides is 1. The molecule has 1 aliphatic carbocycles. The number of carbonyl (C=O) groups excluding carboxylic acids is 2. The molecule has 1 atom stereocenters. The number of nitrogens with zero attached hydrogens (tertiary/aromatic N) is 2. The smallest absolute Gasteiger partial charge is 0.269 e. The van der Waals surface area contributed by atoms with Gasteiger partial charge in [0.2, 0.25) is 0 Å². The molecule has 0 bridgehead atoms. The lowest BCUT2D eigenvalue weighted by Crippen LogP contribution is -2.39. The number of β-amino-alcohol motifs (C(OH)–C–C–N with tert-alkyl or cyclic N) is 1. The molecule has 1 aromatic heterocycles. The number of rotatable bonds is 4. The molecule has 1 aliphatic heterocycles. The first kappa shape index (κ1) is 20.0. The molecule has 0 fully saturated rings. The van der Waals surface area contributed by atoms with Crippen LogP contribution in [-0.2, 0) is 23.0 Å². The molecule has 8 heteroatoms. The van der Waals surface area contributed by atoms with E-state index in [-0.39, 0.29) is 29.3 Å². The summed E-state index contributed by atoms with van der Waals surface area (Å²) in [4.78, 5) is 25.3. The minimum absolute atomic E-state index is 0.0241. The number of fused-ring (bicyclic) bond motifs is 4. The third kappa shape index (κ3) is 3.01. The number of benzene rings is 2. The van der Waals surface area contributed by atoms with Crippen molar-refractivity contribution >= 4 is 32.6 Å². The van der Waals surface area contributed by atoms with Crippen molar-refractivity contribution in [2.45, 2.75) is 43.7 Å². The fourth-order valence-corrected chi connectivity index (χ4v) is 6.32. The molecule has 5 rings (SSSR count). The second-order valence-electron chi connectivity index (χ2n) is 8.23. The van der Waals surface area contributed by atoms with Crippen LogP contribution < -0.4 is 0 Å². The average molecular weight is 439 g/mol. The molecule has 2 heterocycles. The van der Waals surface area contributed by atoms with Gasteiger partial charge < -0.3 is 9.67 Å². The van der Waals surface area contributed by atoms with Gasteiger partial charge in [-0.3, -0.25) is 9.59 Å². The first-order chi connectivity index (χ1) is 14.8. The van der Waals surface area contributed by atoms with E-state index >= 15 is 0 Å². The Hall–Kier alpha value is -2.97. The molecule has 1 N–H and O–H groups in total. The van der Waals surface area contributed by atoms with E-state index in [9.17, 15) is 23.1 Å². The van der Waals surface area contributed by atoms with Gasteiger partial charge in [0.1, 0.15) is 4.90 Å². The summed E-state index contributed by atoms with van der Waals surface area (Å²) >= 11 is 0. The van der Waals surface area contributed by atoms with E-state index in [2.05, 4.69) is 0 Å². The number of ketones is 1. The Balaban J connectivity index is 1.50. The van der Waals surface area contributed by atoms with Gasteiger partial charge in [-0.15, -0.1) is 0 Å². The van der Waals surface area contributed by atoms with Crippen LogP contribution in [0.1, 0.15) is 44.8 Å². The van der Waals surface area contributed by atoms with Gasteiger partial charge in [-0.2, -0.15) is 0 Å². The van der Waals surface area contributed by atoms with Gasteiger partial charge in [0.15, 0.2) is 5.78 Å². The van der Waals surface area contributed by atoms with Crippen molar-refractivity contribution in [3.63, 3.8) is 0 Å². The van der Waals surface area contributed by atoms with Gasteiger partial charge in [0.25, 0.3) is 15.9 Å². The Morgan fingerprint density at radius 3 is 2.61 bits per heavy atom. The van der Waals surface area contributed by atoms with Crippen molar-refractivity contribution in [1.82, 2.24) is 8.87 Å². The van der Waals surface area contributed by atoms with Gasteiger partial charge in [-0.25, -0.2) is 12.7 Å². The summed E-state index contributed by atoms with van der Waals surface area (Å²) in [5.41, 5.74) is 3.61. The predicted octanol–water partition coefficient (Wildman–Crippen LogP) is 2.67. The van der Waals surface area contributed by atoms with Crippen LogP contribution in [0.3, 0.4) is 0 Å². The van der Waals surface area contributed by atoms with E-state index in [4.69, 9.17) is 0 Å². The normalized spacial score (nSPS) is 18.3. The number of carbonyl (C=O) groups is 2. The molecule has 1 amide bonds. The van der Waals surface area contributed by atoms with Crippen LogP contribution in [0.25, 0.3) is 10.9 Å². The van der Waals surface area contributed by atoms with Crippen LogP contribution in [0.2, 0.25) is 0 Å². The lowest BCUT2D eigenvalue weighted by Gasteiger charge is -2.22. The maximum atomic E-state index is 12.8. The Kier molecular flexibility index (Phi) is 4.53. The highest BCUT2D eigenvalue weighted by atomic mass is 32.2. The van der Waals surface area contributed by atoms with Crippen LogP contribution in [-0.4, -0.2) is 46.7 Å². The largest absolute Gasteiger partial charge is 0.389 e. The maximum Gasteiger partial charge on any atom is 0.269 e. The number of aliphatic hydroxyl groups excluding tert-OH is 1. The van der Waals surface area contributed by atoms with E-state index < -0.39 is 22.0 Å². The summed E-state index contributed by atoms with van der Waals surface area (Å²) in [6.45, 7) is 1.64. The highest BCUT2D eigenvalue weighted by molar-refractivity contribution is 7.90. The molecule has 2 aliphatic rings. The second kappa shape index (κ2) is 7.03. The van der Waals surface area contributed by atoms with Crippen molar-refractivity contribution < 1.29 is 23.1 Å². The third-order valence-corrected chi connectivity index (χ3v) is 7.91. The summed E-state index contributed by atoms with van der Waals surface area (Å²) < 4.78 is 28.1. The van der Waals surface area contributed by atoms with Crippen LogP contribution in [0.5, 0.6) is 0 Å². The molecule has 2 aromatic carbocycles. The van der Waals surface area contributed by atoms with Crippen molar-refractivity contribution in [2.75, 3.05) is 6.54 Å². The van der Waals surface area contributed by atoms with Gasteiger partial charge in [-0.1, -0.05) is 23.8 Å². The number of aromatic nitrogens is 1. The zero-order valence-corrected chi connectivity index (χ0v) is 17.9. The molecule has 3 aromatic rings. The molecular formula is C23H22N2O5S. The minimum Gasteiger partial charge on any atom is -0.389 e. The van der Waals surface area contributed by atoms with Crippen molar-refractivity contribution in [3.05, 3.63) is 64.8 Å². The fraction of sp³-hybridized carbons (Fsp3) is 0.304. The van der Waals surface area contributed by atoms with Gasteiger partial charge in [-0.05, 0) is 49.6 Å². The van der Waals surface area contributed by atoms with Crippen LogP contribution in [0.15, 0.2) is 47.4 Å². The number of hydrogen-bond acceptors (Lipinski definition) is 5. The summed E-state index contributed by atoms with van der Waals surface area (Å²) in [6, 6.07) is 12.0. The summed E-state index contributed by atoms with van der Waals surface area (Å²) in [5.74, 6) is -0.611. The highest BCUT2D eigenvalue weighted by Gasteiger charge is 2.41. The standard InChI is InChI=1S/C23H22N2O5S/c1-14-9-10-19-18(11-14)16-6-4-7-20(27)22(16)24(19)12-15(26)13-25-23(28)17-5-2-3-8-21(17)31(25,29)30/h2-3,5,8-11,15,26H,4,6-7,12-13H2,1H3. The lowest BCUT2D eigenvalue weighted by atomic mass is 9.94. The molecule has 0 spiro atoms. The Morgan fingerprint density at radius 1 is 1.06 bits per heavy atom. The number of aryl methyl sites for hydroxylation is 2. The quantitative estimate of drug-likeness (QED) is 0.676. The molecule has 160 valence electrons. The van der Waals surface area contributed by atoms with Crippen LogP contribution >= 0.6 is 0 Å². The molecule has 1 unspecified atom stereocenters. The topological polar surface area (TPSA) is 96.7 Å². The van der Waals surface area contributed by atoms with Gasteiger partial charge in [0.05, 0.1) is 30.5 Å². The number of Topliss-reactive ketones (excluding diaryl/α,β-unsaturated/α-hetero) is 1. The summed E-state index contributed by atoms with van der Waals surface area (Å²) in [6.07, 6.45) is 0.870. The minimum atomic E-state index is -4.00. The Morgan fingerprint density at radius 2 is 1.84 bits per heavy atom. The lowest BCUT2D eigenvalue weighted by molar-refractivity contribution is 0.0767. The monoisotopic (exact) mass is 438 g/mol. The number of aliphatic hydroxyl groups is 1. The molecule has 0 saturated carbocycles. The summed E-state index contributed by atoms with van der Waals surface area (Å²) in [7, 11) is -4.00. The molecule has 0 radical (unpaired) electrons. The van der Waals surface area contributed by atoms with E-state index in [1.807, 2.05) is 25.1 Å². The molecule has 0 saturated heterocycles. The first-order valence-electron chi connectivity index (χ1n) is 10.3. The first-order valence-corrected chi connectivity index (χ1v) is 11.7. The maximum absolute atomic E-state index is 12.8. The SMILES string of the molecule is Cc1ccc2c(c1)c1c(n2CC(O)CN2C(=O)c3ccccc3S2(=O)=O)C(=O)CCC1. The number of sulfonamides is 1. The van der Waals surface area contributed by atoms with E-state index in [0.717, 1.165) is 39.2 Å². The van der Waals surface area contributed by atoms with E-state index in [1.165, 1.54) is 12.1 Å². The Bertz CT molecular complexity index is 1360. The van der Waals surface area contributed by atoms with Crippen LogP contribution in [0, 0.1) is 6.92 Å². The Labute approximate surface area is 179 Å². The molecular weight excluding hydrogens is 416 g/mol. The van der Waals surface area contributed by atoms with Crippen molar-refractivity contribution in [2.24, 2.45) is 0 Å². The number of hydrogen-bond donors (Lipinski definition) is 1. The highest BCUT2D eigenvalue weighted by Crippen LogP contribution is 2.34. The summed E-state index contributed by atoms with van der Waals surface area (Å²) in [5, 5.41) is 11.8. The zero-order valence-electron chi connectivity index (χ0n) is 17.0. The zero-order chi connectivity index (χ0) is 21.9. The van der Waals surface area contributed by atoms with Gasteiger partial charge in [0, 0.05) is 17.3 Å². The average Bonchev–Trinajstić information content (AvgIpc) is 3.14. The molecule has 7 nitrogen and oxygen atoms in total. The van der Waals surface area contributed by atoms with Crippen LogP contribution in [0.4, 0.5) is 0 Å². The fourth-order valence-electron chi connectivity index (χ4n) is 4.71. The van der Waals surface area contributed by atoms with E-state index in [0.29, 0.717) is 12.1 Å². The van der Waals surface area contributed by atoms with E-state index in [1.54, 1.807) is 16.7 Å².